The molecule has 10 heteroatoms. The molecule has 8 nitrogen and oxygen atoms in total. The van der Waals surface area contributed by atoms with Gasteiger partial charge >= 0.3 is 0 Å². The van der Waals surface area contributed by atoms with E-state index in [0.717, 1.165) is 31.5 Å². The lowest BCUT2D eigenvalue weighted by Gasteiger charge is -2.32. The quantitative estimate of drug-likeness (QED) is 0.393. The van der Waals surface area contributed by atoms with Crippen molar-refractivity contribution in [1.29, 1.82) is 5.26 Å². The summed E-state index contributed by atoms with van der Waals surface area (Å²) in [7, 11) is 1.72. The Balaban J connectivity index is 1.41. The van der Waals surface area contributed by atoms with Gasteiger partial charge in [0.1, 0.15) is 5.82 Å². The number of pyridine rings is 2. The van der Waals surface area contributed by atoms with Crippen molar-refractivity contribution in [2.24, 2.45) is 5.41 Å². The van der Waals surface area contributed by atoms with Crippen molar-refractivity contribution in [3.8, 4) is 17.3 Å². The molecule has 2 aromatic rings. The van der Waals surface area contributed by atoms with E-state index < -0.39 is 11.2 Å². The largest absolute Gasteiger partial charge is 0.383 e. The second kappa shape index (κ2) is 12.8. The van der Waals surface area contributed by atoms with Crippen molar-refractivity contribution in [2.45, 2.75) is 63.6 Å². The minimum absolute atomic E-state index is 0.106. The molecule has 1 aliphatic carbocycles. The highest BCUT2D eigenvalue weighted by atomic mass is 35.5. The SMILES string of the molecule is COCC(C)NC1CCC(Nc2cc(-c3ccc(F)c(NCC4(C#N)CCOCC4)n3)c(Cl)cn2)CC1. The fourth-order valence-electron chi connectivity index (χ4n) is 5.09. The van der Waals surface area contributed by atoms with Crippen molar-refractivity contribution in [3.05, 3.63) is 35.2 Å². The van der Waals surface area contributed by atoms with Gasteiger partial charge in [-0.15, -0.1) is 0 Å². The number of anilines is 2. The van der Waals surface area contributed by atoms with Crippen LogP contribution in [0.4, 0.5) is 16.0 Å². The van der Waals surface area contributed by atoms with Crippen molar-refractivity contribution in [3.63, 3.8) is 0 Å². The number of ether oxygens (including phenoxy) is 2. The smallest absolute Gasteiger partial charge is 0.165 e. The molecule has 1 saturated heterocycles. The predicted octanol–water partition coefficient (Wildman–Crippen LogP) is 5.02. The fraction of sp³-hybridized carbons (Fsp3) is 0.593. The maximum absolute atomic E-state index is 14.6. The molecular formula is C27H36ClFN6O2. The molecule has 3 N–H and O–H groups in total. The molecule has 200 valence electrons. The molecule has 0 spiro atoms. The Kier molecular flexibility index (Phi) is 9.54. The van der Waals surface area contributed by atoms with Crippen LogP contribution in [0.3, 0.4) is 0 Å². The predicted molar refractivity (Wildman–Crippen MR) is 143 cm³/mol. The molecule has 1 atom stereocenters. The molecule has 4 rings (SSSR count). The van der Waals surface area contributed by atoms with E-state index in [9.17, 15) is 9.65 Å². The summed E-state index contributed by atoms with van der Waals surface area (Å²) in [5.74, 6) is 0.349. The summed E-state index contributed by atoms with van der Waals surface area (Å²) >= 11 is 6.48. The van der Waals surface area contributed by atoms with Crippen LogP contribution >= 0.6 is 11.6 Å². The van der Waals surface area contributed by atoms with Crippen LogP contribution in [0.5, 0.6) is 0 Å². The summed E-state index contributed by atoms with van der Waals surface area (Å²) < 4.78 is 25.2. The molecule has 0 bridgehead atoms. The minimum atomic E-state index is -0.593. The Bertz CT molecular complexity index is 1080. The number of nitriles is 1. The average Bonchev–Trinajstić information content (AvgIpc) is 2.91. The number of nitrogens with one attached hydrogen (secondary N) is 3. The van der Waals surface area contributed by atoms with E-state index in [1.54, 1.807) is 19.4 Å². The Morgan fingerprint density at radius 3 is 2.68 bits per heavy atom. The summed E-state index contributed by atoms with van der Waals surface area (Å²) in [5, 5.41) is 20.4. The maximum Gasteiger partial charge on any atom is 0.165 e. The standard InChI is InChI=1S/C27H36ClFN6O2/c1-18(15-36-2)33-19-3-5-20(6-4-19)34-25-13-21(22(28)14-31-25)24-8-7-23(29)26(35-24)32-17-27(16-30)9-11-37-12-10-27/h7-8,13-14,18-20,33H,3-6,9-12,15,17H2,1-2H3,(H,31,34)(H,32,35). The lowest BCUT2D eigenvalue weighted by Crippen LogP contribution is -2.42. The van der Waals surface area contributed by atoms with Gasteiger partial charge in [0.2, 0.25) is 0 Å². The monoisotopic (exact) mass is 530 g/mol. The zero-order valence-corrected chi connectivity index (χ0v) is 22.3. The van der Waals surface area contributed by atoms with Crippen molar-refractivity contribution in [2.75, 3.05) is 44.1 Å². The first-order valence-corrected chi connectivity index (χ1v) is 13.4. The highest BCUT2D eigenvalue weighted by molar-refractivity contribution is 6.33. The molecule has 2 aromatic heterocycles. The zero-order chi connectivity index (χ0) is 26.3. The van der Waals surface area contributed by atoms with E-state index >= 15 is 0 Å². The van der Waals surface area contributed by atoms with Crippen molar-refractivity contribution >= 4 is 23.2 Å². The van der Waals surface area contributed by atoms with Crippen LogP contribution in [-0.2, 0) is 9.47 Å². The second-order valence-electron chi connectivity index (χ2n) is 10.2. The van der Waals surface area contributed by atoms with E-state index in [2.05, 4.69) is 38.9 Å². The molecule has 0 aromatic carbocycles. The van der Waals surface area contributed by atoms with E-state index in [1.807, 2.05) is 6.07 Å². The van der Waals surface area contributed by atoms with E-state index in [1.165, 1.54) is 6.07 Å². The Labute approximate surface area is 223 Å². The molecule has 0 radical (unpaired) electrons. The number of hydrogen-bond acceptors (Lipinski definition) is 8. The molecule has 1 unspecified atom stereocenters. The van der Waals surface area contributed by atoms with E-state index in [0.29, 0.717) is 73.6 Å². The number of nitrogens with zero attached hydrogens (tertiary/aromatic N) is 3. The number of hydrogen-bond donors (Lipinski definition) is 3. The van der Waals surface area contributed by atoms with Crippen LogP contribution in [0.2, 0.25) is 5.02 Å². The number of rotatable bonds is 10. The lowest BCUT2D eigenvalue weighted by molar-refractivity contribution is 0.0455. The van der Waals surface area contributed by atoms with Crippen LogP contribution in [0.15, 0.2) is 24.4 Å². The van der Waals surface area contributed by atoms with Gasteiger partial charge in [0.15, 0.2) is 11.6 Å². The van der Waals surface area contributed by atoms with Crippen LogP contribution in [0.25, 0.3) is 11.3 Å². The lowest BCUT2D eigenvalue weighted by atomic mass is 9.82. The van der Waals surface area contributed by atoms with Crippen LogP contribution in [0.1, 0.15) is 45.4 Å². The van der Waals surface area contributed by atoms with E-state index in [4.69, 9.17) is 21.1 Å². The maximum atomic E-state index is 14.6. The highest BCUT2D eigenvalue weighted by Gasteiger charge is 2.33. The highest BCUT2D eigenvalue weighted by Crippen LogP contribution is 2.33. The summed E-state index contributed by atoms with van der Waals surface area (Å²) in [5.41, 5.74) is 0.619. The second-order valence-corrected chi connectivity index (χ2v) is 10.6. The van der Waals surface area contributed by atoms with Crippen LogP contribution in [0, 0.1) is 22.6 Å². The topological polar surface area (TPSA) is 104 Å². The summed E-state index contributed by atoms with van der Waals surface area (Å²) in [6.07, 6.45) is 7.04. The molecule has 1 saturated carbocycles. The molecule has 2 aliphatic rings. The van der Waals surface area contributed by atoms with Crippen LogP contribution < -0.4 is 16.0 Å². The fourth-order valence-corrected chi connectivity index (χ4v) is 5.29. The molecule has 37 heavy (non-hydrogen) atoms. The minimum Gasteiger partial charge on any atom is -0.383 e. The third kappa shape index (κ3) is 7.29. The molecule has 2 fully saturated rings. The first kappa shape index (κ1) is 27.5. The zero-order valence-electron chi connectivity index (χ0n) is 21.5. The van der Waals surface area contributed by atoms with Gasteiger partial charge in [-0.2, -0.15) is 5.26 Å². The summed E-state index contributed by atoms with van der Waals surface area (Å²) in [4.78, 5) is 8.98. The first-order valence-electron chi connectivity index (χ1n) is 13.0. The van der Waals surface area contributed by atoms with Gasteiger partial charge in [-0.1, -0.05) is 11.6 Å². The summed E-state index contributed by atoms with van der Waals surface area (Å²) in [6, 6.07) is 8.38. The van der Waals surface area contributed by atoms with Crippen molar-refractivity contribution < 1.29 is 13.9 Å². The van der Waals surface area contributed by atoms with Gasteiger partial charge in [-0.05, 0) is 63.6 Å². The Morgan fingerprint density at radius 1 is 1.24 bits per heavy atom. The normalized spacial score (nSPS) is 22.1. The molecular weight excluding hydrogens is 495 g/mol. The molecule has 0 amide bonds. The Morgan fingerprint density at radius 2 is 1.97 bits per heavy atom. The number of aromatic nitrogens is 2. The first-order chi connectivity index (χ1) is 17.9. The number of halogens is 2. The molecule has 3 heterocycles. The third-order valence-electron chi connectivity index (χ3n) is 7.27. The number of methoxy groups -OCH3 is 1. The summed E-state index contributed by atoms with van der Waals surface area (Å²) in [6.45, 7) is 4.21. The van der Waals surface area contributed by atoms with Gasteiger partial charge in [0.25, 0.3) is 0 Å². The van der Waals surface area contributed by atoms with E-state index in [-0.39, 0.29) is 5.82 Å². The van der Waals surface area contributed by atoms with Gasteiger partial charge < -0.3 is 25.4 Å². The van der Waals surface area contributed by atoms with Crippen LogP contribution in [-0.4, -0.2) is 61.6 Å². The van der Waals surface area contributed by atoms with Crippen molar-refractivity contribution in [1.82, 2.24) is 15.3 Å². The van der Waals surface area contributed by atoms with Gasteiger partial charge in [-0.25, -0.2) is 14.4 Å². The van der Waals surface area contributed by atoms with Gasteiger partial charge in [0, 0.05) is 56.8 Å². The van der Waals surface area contributed by atoms with Gasteiger partial charge in [0.05, 0.1) is 28.8 Å². The van der Waals surface area contributed by atoms with Gasteiger partial charge in [-0.3, -0.25) is 0 Å². The average molecular weight is 531 g/mol. The third-order valence-corrected chi connectivity index (χ3v) is 7.58. The molecule has 1 aliphatic heterocycles. The Hall–Kier alpha value is -2.51.